The second kappa shape index (κ2) is 11.9. The summed E-state index contributed by atoms with van der Waals surface area (Å²) in [5, 5.41) is 11.4. The molecule has 2 heterocycles. The van der Waals surface area contributed by atoms with Gasteiger partial charge in [0.2, 0.25) is 5.95 Å². The molecule has 8 nitrogen and oxygen atoms in total. The van der Waals surface area contributed by atoms with Crippen molar-refractivity contribution in [1.29, 1.82) is 0 Å². The van der Waals surface area contributed by atoms with Gasteiger partial charge < -0.3 is 20.2 Å². The largest absolute Gasteiger partial charge is 0.395 e. The van der Waals surface area contributed by atoms with Crippen LogP contribution in [0.15, 0.2) is 35.1 Å². The standard InChI is InChI=1S/C21H27N5O3.C2H6/c1-3-4-18-15(2)19(28)24-21(23-18)26-12-10-25(11-13-26)17-7-5-16(6-8-17)20(29)22-9-14-27;1-2/h3-8,27H,9-14H2,1-2H3,(H,22,29)(H,23,24,28);1-2H3/b4-3-;. The van der Waals surface area contributed by atoms with E-state index in [2.05, 4.69) is 25.1 Å². The zero-order valence-electron chi connectivity index (χ0n) is 18.8. The Morgan fingerprint density at radius 2 is 1.77 bits per heavy atom. The van der Waals surface area contributed by atoms with Gasteiger partial charge in [0.1, 0.15) is 0 Å². The van der Waals surface area contributed by atoms with Crippen molar-refractivity contribution in [2.75, 3.05) is 49.1 Å². The van der Waals surface area contributed by atoms with Gasteiger partial charge in [-0.25, -0.2) is 4.98 Å². The maximum Gasteiger partial charge on any atom is 0.255 e. The number of aromatic nitrogens is 2. The Hall–Kier alpha value is -3.13. The lowest BCUT2D eigenvalue weighted by atomic mass is 10.1. The van der Waals surface area contributed by atoms with Gasteiger partial charge in [-0.05, 0) is 44.2 Å². The van der Waals surface area contributed by atoms with Gasteiger partial charge in [0.15, 0.2) is 0 Å². The number of aromatic amines is 1. The lowest BCUT2D eigenvalue weighted by Crippen LogP contribution is -2.47. The minimum atomic E-state index is -0.193. The first kappa shape index (κ1) is 24.1. The van der Waals surface area contributed by atoms with Gasteiger partial charge in [0.05, 0.1) is 12.3 Å². The average molecular weight is 428 g/mol. The zero-order valence-corrected chi connectivity index (χ0v) is 18.8. The van der Waals surface area contributed by atoms with Gasteiger partial charge in [0, 0.05) is 49.5 Å². The molecule has 0 unspecified atom stereocenters. The SMILES string of the molecule is C/C=C\c1nc(N2CCN(c3ccc(C(=O)NCCO)cc3)CC2)[nH]c(=O)c1C.CC. The molecule has 0 atom stereocenters. The normalized spacial score (nSPS) is 13.7. The second-order valence-corrected chi connectivity index (χ2v) is 6.90. The number of piperazine rings is 1. The number of aliphatic hydroxyl groups excluding tert-OH is 1. The highest BCUT2D eigenvalue weighted by atomic mass is 16.3. The molecule has 1 aliphatic rings. The van der Waals surface area contributed by atoms with Crippen molar-refractivity contribution in [3.05, 3.63) is 57.5 Å². The number of nitrogens with one attached hydrogen (secondary N) is 2. The first-order valence-corrected chi connectivity index (χ1v) is 10.8. The highest BCUT2D eigenvalue weighted by Crippen LogP contribution is 2.19. The van der Waals surface area contributed by atoms with Crippen LogP contribution in [-0.4, -0.2) is 60.3 Å². The van der Waals surface area contributed by atoms with Crippen molar-refractivity contribution in [2.45, 2.75) is 27.7 Å². The minimum Gasteiger partial charge on any atom is -0.395 e. The van der Waals surface area contributed by atoms with Gasteiger partial charge in [-0.15, -0.1) is 0 Å². The van der Waals surface area contributed by atoms with Gasteiger partial charge in [-0.2, -0.15) is 0 Å². The maximum absolute atomic E-state index is 12.2. The molecule has 2 aromatic rings. The van der Waals surface area contributed by atoms with Crippen LogP contribution < -0.4 is 20.7 Å². The van der Waals surface area contributed by atoms with Crippen LogP contribution in [0.2, 0.25) is 0 Å². The van der Waals surface area contributed by atoms with E-state index < -0.39 is 0 Å². The number of nitrogens with zero attached hydrogens (tertiary/aromatic N) is 3. The lowest BCUT2D eigenvalue weighted by Gasteiger charge is -2.36. The summed E-state index contributed by atoms with van der Waals surface area (Å²) in [6, 6.07) is 7.44. The van der Waals surface area contributed by atoms with Gasteiger partial charge >= 0.3 is 0 Å². The van der Waals surface area contributed by atoms with E-state index in [4.69, 9.17) is 5.11 Å². The molecule has 3 rings (SSSR count). The molecule has 31 heavy (non-hydrogen) atoms. The third-order valence-corrected chi connectivity index (χ3v) is 4.97. The highest BCUT2D eigenvalue weighted by Gasteiger charge is 2.20. The molecule has 3 N–H and O–H groups in total. The van der Waals surface area contributed by atoms with E-state index in [1.807, 2.05) is 45.1 Å². The summed E-state index contributed by atoms with van der Waals surface area (Å²) in [7, 11) is 0. The van der Waals surface area contributed by atoms with Crippen molar-refractivity contribution in [3.8, 4) is 0 Å². The molecule has 0 radical (unpaired) electrons. The minimum absolute atomic E-state index is 0.0779. The van der Waals surface area contributed by atoms with Crippen molar-refractivity contribution in [3.63, 3.8) is 0 Å². The Bertz CT molecular complexity index is 929. The maximum atomic E-state index is 12.2. The number of anilines is 2. The van der Waals surface area contributed by atoms with E-state index in [0.717, 1.165) is 31.9 Å². The number of benzene rings is 1. The van der Waals surface area contributed by atoms with E-state index in [9.17, 15) is 9.59 Å². The fourth-order valence-electron chi connectivity index (χ4n) is 3.28. The van der Waals surface area contributed by atoms with Gasteiger partial charge in [-0.3, -0.25) is 14.6 Å². The highest BCUT2D eigenvalue weighted by molar-refractivity contribution is 5.94. The third kappa shape index (κ3) is 6.18. The van der Waals surface area contributed by atoms with E-state index in [1.165, 1.54) is 0 Å². The molecule has 1 amide bonds. The Morgan fingerprint density at radius 3 is 2.35 bits per heavy atom. The summed E-state index contributed by atoms with van der Waals surface area (Å²) < 4.78 is 0. The fourth-order valence-corrected chi connectivity index (χ4v) is 3.28. The number of hydrogen-bond acceptors (Lipinski definition) is 6. The topological polar surface area (TPSA) is 102 Å². The monoisotopic (exact) mass is 427 g/mol. The first-order valence-electron chi connectivity index (χ1n) is 10.8. The number of rotatable bonds is 6. The van der Waals surface area contributed by atoms with Crippen LogP contribution in [-0.2, 0) is 0 Å². The number of carbonyl (C=O) groups excluding carboxylic acids is 1. The van der Waals surface area contributed by atoms with Gasteiger partial charge in [-0.1, -0.05) is 19.9 Å². The predicted molar refractivity (Wildman–Crippen MR) is 126 cm³/mol. The fraction of sp³-hybridized carbons (Fsp3) is 0.435. The van der Waals surface area contributed by atoms with Crippen LogP contribution >= 0.6 is 0 Å². The zero-order chi connectivity index (χ0) is 22.8. The van der Waals surface area contributed by atoms with E-state index in [1.54, 1.807) is 19.1 Å². The smallest absolute Gasteiger partial charge is 0.255 e. The molecular formula is C23H33N5O3. The number of carbonyl (C=O) groups is 1. The quantitative estimate of drug-likeness (QED) is 0.653. The van der Waals surface area contributed by atoms with Crippen molar-refractivity contribution >= 4 is 23.6 Å². The third-order valence-electron chi connectivity index (χ3n) is 4.97. The van der Waals surface area contributed by atoms with E-state index in [0.29, 0.717) is 22.8 Å². The average Bonchev–Trinajstić information content (AvgIpc) is 2.82. The molecule has 1 aromatic heterocycles. The Balaban J connectivity index is 0.00000166. The molecule has 1 aliphatic heterocycles. The van der Waals surface area contributed by atoms with Crippen LogP contribution in [0.5, 0.6) is 0 Å². The number of aliphatic hydroxyl groups is 1. The summed E-state index contributed by atoms with van der Waals surface area (Å²) in [6.07, 6.45) is 3.73. The van der Waals surface area contributed by atoms with Crippen molar-refractivity contribution < 1.29 is 9.90 Å². The van der Waals surface area contributed by atoms with E-state index >= 15 is 0 Å². The first-order chi connectivity index (χ1) is 15.0. The van der Waals surface area contributed by atoms with E-state index in [-0.39, 0.29) is 24.6 Å². The number of hydrogen-bond donors (Lipinski definition) is 3. The molecule has 8 heteroatoms. The molecule has 0 aliphatic carbocycles. The summed E-state index contributed by atoms with van der Waals surface area (Å²) in [6.45, 7) is 10.9. The second-order valence-electron chi connectivity index (χ2n) is 6.90. The van der Waals surface area contributed by atoms with Gasteiger partial charge in [0.25, 0.3) is 11.5 Å². The molecule has 0 spiro atoms. The molecule has 1 fully saturated rings. The molecule has 1 saturated heterocycles. The Labute approximate surface area is 183 Å². The molecule has 1 aromatic carbocycles. The molecule has 0 saturated carbocycles. The lowest BCUT2D eigenvalue weighted by molar-refractivity contribution is 0.0945. The number of amides is 1. The van der Waals surface area contributed by atoms with Crippen LogP contribution in [0.4, 0.5) is 11.6 Å². The Morgan fingerprint density at radius 1 is 1.16 bits per heavy atom. The number of H-pyrrole nitrogens is 1. The number of allylic oxidation sites excluding steroid dienone is 1. The molecule has 168 valence electrons. The summed E-state index contributed by atoms with van der Waals surface area (Å²) in [5.74, 6) is 0.408. The van der Waals surface area contributed by atoms with Crippen LogP contribution in [0.25, 0.3) is 6.08 Å². The Kier molecular flexibility index (Phi) is 9.27. The van der Waals surface area contributed by atoms with Crippen LogP contribution in [0, 0.1) is 6.92 Å². The summed E-state index contributed by atoms with van der Waals surface area (Å²) >= 11 is 0. The summed E-state index contributed by atoms with van der Waals surface area (Å²) in [4.78, 5) is 35.9. The van der Waals surface area contributed by atoms with Crippen LogP contribution in [0.3, 0.4) is 0 Å². The summed E-state index contributed by atoms with van der Waals surface area (Å²) in [5.41, 5.74) is 2.82. The van der Waals surface area contributed by atoms with Crippen molar-refractivity contribution in [2.24, 2.45) is 0 Å². The molecule has 0 bridgehead atoms. The molecular weight excluding hydrogens is 394 g/mol. The van der Waals surface area contributed by atoms with Crippen molar-refractivity contribution in [1.82, 2.24) is 15.3 Å². The van der Waals surface area contributed by atoms with Crippen LogP contribution in [0.1, 0.15) is 42.4 Å². The predicted octanol–water partition coefficient (Wildman–Crippen LogP) is 2.19.